The molecule has 0 atom stereocenters. The summed E-state index contributed by atoms with van der Waals surface area (Å²) in [7, 11) is 1.62. The predicted octanol–water partition coefficient (Wildman–Crippen LogP) is 6.77. The molecule has 0 aliphatic heterocycles. The summed E-state index contributed by atoms with van der Waals surface area (Å²) in [5.41, 5.74) is 3.67. The van der Waals surface area contributed by atoms with Crippen molar-refractivity contribution in [2.24, 2.45) is 17.8 Å². The Bertz CT molecular complexity index is 1070. The Morgan fingerprint density at radius 2 is 1.79 bits per heavy atom. The Morgan fingerprint density at radius 1 is 1.12 bits per heavy atom. The van der Waals surface area contributed by atoms with E-state index in [-0.39, 0.29) is 5.41 Å². The second-order valence-corrected chi connectivity index (χ2v) is 10.5. The fourth-order valence-corrected chi connectivity index (χ4v) is 7.32. The predicted molar refractivity (Wildman–Crippen MR) is 131 cm³/mol. The van der Waals surface area contributed by atoms with Crippen molar-refractivity contribution in [2.45, 2.75) is 50.9 Å². The third-order valence-electron chi connectivity index (χ3n) is 7.89. The number of phenols is 1. The molecule has 2 aromatic carbocycles. The monoisotopic (exact) mass is 466 g/mol. The van der Waals surface area contributed by atoms with E-state index in [9.17, 15) is 9.90 Å². The lowest BCUT2D eigenvalue weighted by Gasteiger charge is -2.57. The normalized spacial score (nSPS) is 27.8. The topological polar surface area (TPSA) is 55.8 Å². The maximum atomic E-state index is 11.8. The van der Waals surface area contributed by atoms with Crippen LogP contribution in [0.3, 0.4) is 0 Å². The average molecular weight is 467 g/mol. The van der Waals surface area contributed by atoms with Crippen LogP contribution < -0.4 is 4.74 Å². The smallest absolute Gasteiger partial charge is 0.330 e. The summed E-state index contributed by atoms with van der Waals surface area (Å²) in [5, 5.41) is 11.5. The lowest BCUT2D eigenvalue weighted by molar-refractivity contribution is -0.137. The van der Waals surface area contributed by atoms with E-state index in [2.05, 4.69) is 6.07 Å². The summed E-state index contributed by atoms with van der Waals surface area (Å²) in [6.07, 6.45) is 10.7. The molecule has 0 heterocycles. The van der Waals surface area contributed by atoms with Gasteiger partial charge in [0.2, 0.25) is 0 Å². The van der Waals surface area contributed by atoms with Gasteiger partial charge in [-0.25, -0.2) is 4.79 Å². The number of aromatic hydroxyl groups is 1. The minimum atomic E-state index is -0.408. The number of hydrogen-bond acceptors (Lipinski definition) is 4. The van der Waals surface area contributed by atoms with Crippen LogP contribution in [0.5, 0.6) is 11.5 Å². The molecule has 33 heavy (non-hydrogen) atoms. The van der Waals surface area contributed by atoms with Crippen molar-refractivity contribution >= 4 is 23.6 Å². The summed E-state index contributed by atoms with van der Waals surface area (Å²) < 4.78 is 10.8. The van der Waals surface area contributed by atoms with E-state index < -0.39 is 5.97 Å². The third kappa shape index (κ3) is 4.14. The molecule has 4 nitrogen and oxygen atoms in total. The first-order valence-corrected chi connectivity index (χ1v) is 12.3. The van der Waals surface area contributed by atoms with Crippen LogP contribution in [0.2, 0.25) is 5.02 Å². The summed E-state index contributed by atoms with van der Waals surface area (Å²) >= 11 is 6.48. The van der Waals surface area contributed by atoms with Crippen molar-refractivity contribution in [1.29, 1.82) is 0 Å². The standard InChI is InChI=1S/C28H31ClO4/c1-3-33-26(31)7-5-21-11-22(29)13-23(27(21)32-2)20-4-6-25(30)24(12-20)28-14-17-8-18(15-28)10-19(9-17)16-28/h4-7,11-13,17-19,30H,3,8-10,14-16H2,1-2H3/b7-5+. The SMILES string of the molecule is CCOC(=O)/C=C/c1cc(Cl)cc(-c2ccc(O)c(C34CC5CC(CC(C5)C3)C4)c2)c1OC. The zero-order valence-corrected chi connectivity index (χ0v) is 20.0. The van der Waals surface area contributed by atoms with Crippen molar-refractivity contribution in [3.05, 3.63) is 52.6 Å². The van der Waals surface area contributed by atoms with Gasteiger partial charge in [-0.15, -0.1) is 0 Å². The largest absolute Gasteiger partial charge is 0.508 e. The van der Waals surface area contributed by atoms with Crippen molar-refractivity contribution in [1.82, 2.24) is 0 Å². The van der Waals surface area contributed by atoms with Crippen LogP contribution >= 0.6 is 11.6 Å². The van der Waals surface area contributed by atoms with E-state index in [4.69, 9.17) is 21.1 Å². The number of methoxy groups -OCH3 is 1. The first-order chi connectivity index (χ1) is 15.9. The Balaban J connectivity index is 1.56. The van der Waals surface area contributed by atoms with Gasteiger partial charge in [-0.1, -0.05) is 17.7 Å². The van der Waals surface area contributed by atoms with E-state index in [1.165, 1.54) is 44.6 Å². The van der Waals surface area contributed by atoms with Crippen LogP contribution in [-0.2, 0) is 14.9 Å². The van der Waals surface area contributed by atoms with Gasteiger partial charge in [-0.05, 0) is 105 Å². The Labute approximate surface area is 200 Å². The number of benzene rings is 2. The van der Waals surface area contributed by atoms with E-state index in [0.717, 1.165) is 34.4 Å². The molecule has 5 heteroatoms. The Hall–Kier alpha value is -2.46. The lowest BCUT2D eigenvalue weighted by Crippen LogP contribution is -2.48. The lowest BCUT2D eigenvalue weighted by atomic mass is 9.48. The highest BCUT2D eigenvalue weighted by atomic mass is 35.5. The molecule has 1 N–H and O–H groups in total. The molecule has 0 spiro atoms. The number of hydrogen-bond donors (Lipinski definition) is 1. The molecule has 0 radical (unpaired) electrons. The highest BCUT2D eigenvalue weighted by Crippen LogP contribution is 2.62. The first-order valence-electron chi connectivity index (χ1n) is 12.0. The van der Waals surface area contributed by atoms with Gasteiger partial charge in [0.05, 0.1) is 13.7 Å². The zero-order valence-electron chi connectivity index (χ0n) is 19.3. The fraction of sp³-hybridized carbons (Fsp3) is 0.464. The van der Waals surface area contributed by atoms with Crippen molar-refractivity contribution in [3.63, 3.8) is 0 Å². The number of halogens is 1. The molecule has 4 aliphatic carbocycles. The van der Waals surface area contributed by atoms with Crippen LogP contribution in [0.4, 0.5) is 0 Å². The zero-order chi connectivity index (χ0) is 23.2. The molecule has 2 aromatic rings. The van der Waals surface area contributed by atoms with Gasteiger partial charge in [-0.2, -0.15) is 0 Å². The molecule has 4 fully saturated rings. The highest BCUT2D eigenvalue weighted by Gasteiger charge is 2.52. The van der Waals surface area contributed by atoms with E-state index >= 15 is 0 Å². The van der Waals surface area contributed by atoms with Crippen LogP contribution in [-0.4, -0.2) is 24.8 Å². The first kappa shape index (κ1) is 22.3. The molecule has 0 aromatic heterocycles. The second kappa shape index (κ2) is 8.72. The van der Waals surface area contributed by atoms with E-state index in [1.807, 2.05) is 18.2 Å². The quantitative estimate of drug-likeness (QED) is 0.377. The fourth-order valence-electron chi connectivity index (χ4n) is 7.10. The minimum absolute atomic E-state index is 0.0767. The van der Waals surface area contributed by atoms with Crippen molar-refractivity contribution in [2.75, 3.05) is 13.7 Å². The summed E-state index contributed by atoms with van der Waals surface area (Å²) in [6.45, 7) is 2.09. The Morgan fingerprint density at radius 3 is 2.39 bits per heavy atom. The molecule has 0 amide bonds. The van der Waals surface area contributed by atoms with Gasteiger partial charge in [0, 0.05) is 27.8 Å². The van der Waals surface area contributed by atoms with E-state index in [0.29, 0.717) is 28.7 Å². The molecule has 0 unspecified atom stereocenters. The number of carbonyl (C=O) groups excluding carboxylic acids is 1. The molecule has 4 saturated carbocycles. The van der Waals surface area contributed by atoms with Crippen LogP contribution in [0.25, 0.3) is 17.2 Å². The van der Waals surface area contributed by atoms with Gasteiger partial charge in [0.1, 0.15) is 11.5 Å². The number of phenolic OH excluding ortho intramolecular Hbond substituents is 1. The second-order valence-electron chi connectivity index (χ2n) is 10.1. The molecule has 6 rings (SSSR count). The van der Waals surface area contributed by atoms with E-state index in [1.54, 1.807) is 26.2 Å². The van der Waals surface area contributed by atoms with Gasteiger partial charge in [0.15, 0.2) is 0 Å². The van der Waals surface area contributed by atoms with Gasteiger partial charge >= 0.3 is 5.97 Å². The molecule has 174 valence electrons. The number of esters is 1. The van der Waals surface area contributed by atoms with Crippen molar-refractivity contribution in [3.8, 4) is 22.6 Å². The van der Waals surface area contributed by atoms with Gasteiger partial charge < -0.3 is 14.6 Å². The number of carbonyl (C=O) groups is 1. The number of rotatable bonds is 6. The third-order valence-corrected chi connectivity index (χ3v) is 8.11. The highest BCUT2D eigenvalue weighted by molar-refractivity contribution is 6.31. The molecular weight excluding hydrogens is 436 g/mol. The van der Waals surface area contributed by atoms with Gasteiger partial charge in [0.25, 0.3) is 0 Å². The van der Waals surface area contributed by atoms with Crippen LogP contribution in [0.1, 0.15) is 56.6 Å². The molecule has 0 saturated heterocycles. The molecule has 4 bridgehead atoms. The summed E-state index contributed by atoms with van der Waals surface area (Å²) in [6, 6.07) is 9.55. The van der Waals surface area contributed by atoms with Crippen LogP contribution in [0.15, 0.2) is 36.4 Å². The summed E-state index contributed by atoms with van der Waals surface area (Å²) in [5.74, 6) is 3.00. The maximum absolute atomic E-state index is 11.8. The summed E-state index contributed by atoms with van der Waals surface area (Å²) in [4.78, 5) is 11.8. The maximum Gasteiger partial charge on any atom is 0.330 e. The van der Waals surface area contributed by atoms with Gasteiger partial charge in [-0.3, -0.25) is 0 Å². The molecular formula is C28H31ClO4. The van der Waals surface area contributed by atoms with Crippen LogP contribution in [0, 0.1) is 17.8 Å². The Kier molecular flexibility index (Phi) is 5.90. The average Bonchev–Trinajstić information content (AvgIpc) is 2.77. The minimum Gasteiger partial charge on any atom is -0.508 e. The molecule has 4 aliphatic rings. The number of ether oxygens (including phenoxy) is 2. The van der Waals surface area contributed by atoms with Crippen molar-refractivity contribution < 1.29 is 19.4 Å².